The van der Waals surface area contributed by atoms with E-state index in [0.717, 1.165) is 51.8 Å². The lowest BCUT2D eigenvalue weighted by molar-refractivity contribution is -0.119. The third-order valence-electron chi connectivity index (χ3n) is 8.09. The maximum Gasteiger partial charge on any atom is 0.210 e. The molecule has 3 aliphatic heterocycles. The number of amides is 1. The van der Waals surface area contributed by atoms with Crippen LogP contribution in [-0.2, 0) is 14.3 Å². The van der Waals surface area contributed by atoms with Crippen molar-refractivity contribution in [1.82, 2.24) is 15.1 Å². The summed E-state index contributed by atoms with van der Waals surface area (Å²) in [7, 11) is 2.24. The summed E-state index contributed by atoms with van der Waals surface area (Å²) in [5.41, 5.74) is 0.701. The zero-order valence-corrected chi connectivity index (χ0v) is 24.0. The molecule has 3 saturated heterocycles. The summed E-state index contributed by atoms with van der Waals surface area (Å²) in [6, 6.07) is 13.3. The number of carbonyl (C=O) groups excluding carboxylic acids is 2. The summed E-state index contributed by atoms with van der Waals surface area (Å²) in [4.78, 5) is 25.4. The number of nitrogens with one attached hydrogen (secondary N) is 1. The van der Waals surface area contributed by atoms with E-state index in [2.05, 4.69) is 24.2 Å². The topological polar surface area (TPSA) is 61.9 Å². The molecule has 1 N–H and O–H groups in total. The highest BCUT2D eigenvalue weighted by molar-refractivity contribution is 5.51. The maximum absolute atomic E-state index is 10.5. The quantitative estimate of drug-likeness (QED) is 0.298. The van der Waals surface area contributed by atoms with Crippen LogP contribution in [0.1, 0.15) is 92.4 Å². The zero-order valence-electron chi connectivity index (χ0n) is 24.0. The molecule has 3 heterocycles. The second kappa shape index (κ2) is 18.5. The highest BCUT2D eigenvalue weighted by Gasteiger charge is 2.50. The average molecular weight is 532 g/mol. The Hall–Kier alpha value is -1.76. The molecule has 6 nitrogen and oxygen atoms in total. The summed E-state index contributed by atoms with van der Waals surface area (Å²) >= 11 is 0. The lowest BCUT2D eigenvalue weighted by atomic mass is 9.88. The Morgan fingerprint density at radius 1 is 1.00 bits per heavy atom. The molecular formula is C32H57N3O3. The average Bonchev–Trinajstić information content (AvgIpc) is 3.41. The van der Waals surface area contributed by atoms with Crippen molar-refractivity contribution in [1.29, 1.82) is 0 Å². The van der Waals surface area contributed by atoms with Crippen molar-refractivity contribution in [2.45, 2.75) is 110 Å². The Labute approximate surface area is 233 Å². The number of benzene rings is 1. The third-order valence-corrected chi connectivity index (χ3v) is 8.09. The van der Waals surface area contributed by atoms with Gasteiger partial charge < -0.3 is 24.6 Å². The van der Waals surface area contributed by atoms with Crippen LogP contribution in [0, 0.1) is 5.41 Å². The molecule has 6 heteroatoms. The molecule has 0 aromatic heterocycles. The summed E-state index contributed by atoms with van der Waals surface area (Å²) in [5.74, 6) is 0. The number of hydrogen-bond donors (Lipinski definition) is 1. The number of aldehydes is 1. The number of unbranched alkanes of at least 4 members (excludes halogenated alkanes) is 1. The van der Waals surface area contributed by atoms with Gasteiger partial charge in [-0.3, -0.25) is 4.79 Å². The predicted molar refractivity (Wildman–Crippen MR) is 159 cm³/mol. The number of likely N-dealkylation sites (tertiary alicyclic amines) is 2. The van der Waals surface area contributed by atoms with Gasteiger partial charge in [-0.15, -0.1) is 0 Å². The minimum atomic E-state index is 0. The second-order valence-corrected chi connectivity index (χ2v) is 11.3. The number of ether oxygens (including phenoxy) is 1. The van der Waals surface area contributed by atoms with Gasteiger partial charge in [0.15, 0.2) is 0 Å². The van der Waals surface area contributed by atoms with E-state index >= 15 is 0 Å². The lowest BCUT2D eigenvalue weighted by Crippen LogP contribution is -2.50. The number of hydrogen-bond acceptors (Lipinski definition) is 5. The fourth-order valence-electron chi connectivity index (χ4n) is 5.49. The van der Waals surface area contributed by atoms with Crippen molar-refractivity contribution in [3.63, 3.8) is 0 Å². The molecule has 1 aromatic rings. The molecule has 38 heavy (non-hydrogen) atoms. The first kappa shape index (κ1) is 34.3. The van der Waals surface area contributed by atoms with Crippen LogP contribution in [0.25, 0.3) is 0 Å². The molecule has 1 unspecified atom stereocenters. The molecular weight excluding hydrogens is 474 g/mol. The van der Waals surface area contributed by atoms with Gasteiger partial charge in [-0.25, -0.2) is 0 Å². The Morgan fingerprint density at radius 3 is 2.05 bits per heavy atom. The van der Waals surface area contributed by atoms with Gasteiger partial charge in [-0.2, -0.15) is 0 Å². The van der Waals surface area contributed by atoms with Gasteiger partial charge in [0.1, 0.15) is 6.29 Å². The Bertz CT molecular complexity index is 710. The van der Waals surface area contributed by atoms with Crippen molar-refractivity contribution < 1.29 is 14.3 Å². The lowest BCUT2D eigenvalue weighted by Gasteiger charge is -2.39. The maximum atomic E-state index is 10.5. The van der Waals surface area contributed by atoms with Crippen LogP contribution in [0.4, 0.5) is 0 Å². The number of rotatable bonds is 10. The third kappa shape index (κ3) is 11.5. The van der Waals surface area contributed by atoms with Crippen molar-refractivity contribution in [2.75, 3.05) is 39.9 Å². The van der Waals surface area contributed by atoms with E-state index in [4.69, 9.17) is 4.74 Å². The van der Waals surface area contributed by atoms with Gasteiger partial charge >= 0.3 is 0 Å². The Morgan fingerprint density at radius 2 is 1.63 bits per heavy atom. The Kier molecular flexibility index (Phi) is 16.7. The van der Waals surface area contributed by atoms with E-state index in [1.54, 1.807) is 0 Å². The van der Waals surface area contributed by atoms with Crippen LogP contribution in [0.15, 0.2) is 36.4 Å². The molecule has 4 aliphatic rings. The smallest absolute Gasteiger partial charge is 0.210 e. The minimum Gasteiger partial charge on any atom is -0.380 e. The van der Waals surface area contributed by atoms with E-state index in [1.807, 2.05) is 55.1 Å². The number of carbonyl (C=O) groups is 2. The monoisotopic (exact) mass is 531 g/mol. The molecule has 1 amide bonds. The van der Waals surface area contributed by atoms with Crippen LogP contribution < -0.4 is 5.32 Å². The molecule has 1 aliphatic carbocycles. The van der Waals surface area contributed by atoms with Crippen LogP contribution in [0.3, 0.4) is 0 Å². The van der Waals surface area contributed by atoms with Crippen LogP contribution in [0.5, 0.6) is 0 Å². The molecule has 0 radical (unpaired) electrons. The van der Waals surface area contributed by atoms with Crippen molar-refractivity contribution in [2.24, 2.45) is 5.41 Å². The normalized spacial score (nSPS) is 22.6. The molecule has 1 aromatic carbocycles. The van der Waals surface area contributed by atoms with Gasteiger partial charge in [0.05, 0.1) is 13.2 Å². The van der Waals surface area contributed by atoms with Gasteiger partial charge in [-0.05, 0) is 71.4 Å². The largest absolute Gasteiger partial charge is 0.380 e. The van der Waals surface area contributed by atoms with E-state index < -0.39 is 0 Å². The van der Waals surface area contributed by atoms with E-state index in [9.17, 15) is 9.59 Å². The highest BCUT2D eigenvalue weighted by atomic mass is 16.5. The second-order valence-electron chi connectivity index (χ2n) is 11.3. The summed E-state index contributed by atoms with van der Waals surface area (Å²) in [6.07, 6.45) is 13.7. The first-order valence-electron chi connectivity index (χ1n) is 14.7. The summed E-state index contributed by atoms with van der Waals surface area (Å²) < 4.78 is 5.32. The standard InChI is InChI=1S/C16H30N2O2.C7H11NO.C6H6.C2H6.CH4/c1-16(12-20-13-16)11-17-14(6-3-4-9-19)10-15-7-5-8-18(15)2;9-6-8-5-1-2-7(8)3-4-7;1-2-4-6-5-3-1;1-2;/h9,14-15,17H,3-8,10-13H2,1-2H3;6H,1-5H2;1-6H;1-2H3;1H4/t14?,15-;;;;/m1..../s1. The molecule has 1 spiro atoms. The van der Waals surface area contributed by atoms with Crippen molar-refractivity contribution >= 4 is 12.7 Å². The first-order valence-corrected chi connectivity index (χ1v) is 14.7. The molecule has 1 saturated carbocycles. The van der Waals surface area contributed by atoms with E-state index in [0.29, 0.717) is 29.5 Å². The summed E-state index contributed by atoms with van der Waals surface area (Å²) in [5, 5.41) is 3.75. The fraction of sp³-hybridized carbons (Fsp3) is 0.750. The van der Waals surface area contributed by atoms with Crippen molar-refractivity contribution in [3.05, 3.63) is 36.4 Å². The van der Waals surface area contributed by atoms with Crippen LogP contribution in [0.2, 0.25) is 0 Å². The molecule has 218 valence electrons. The number of nitrogens with zero attached hydrogens (tertiary/aromatic N) is 2. The van der Waals surface area contributed by atoms with Gasteiger partial charge in [0.2, 0.25) is 6.41 Å². The molecule has 0 bridgehead atoms. The summed E-state index contributed by atoms with van der Waals surface area (Å²) in [6.45, 7) is 11.3. The molecule has 2 atom stereocenters. The fourth-order valence-corrected chi connectivity index (χ4v) is 5.49. The SMILES string of the molecule is C.CC.CN1CCC[C@@H]1CC(CCCC=O)NCC1(C)COC1.O=CN1CCCC12CC2.c1ccccc1. The van der Waals surface area contributed by atoms with Crippen LogP contribution in [-0.4, -0.2) is 80.0 Å². The molecule has 5 rings (SSSR count). The van der Waals surface area contributed by atoms with Gasteiger partial charge in [-0.1, -0.05) is 64.6 Å². The van der Waals surface area contributed by atoms with Crippen molar-refractivity contribution in [3.8, 4) is 0 Å². The zero-order chi connectivity index (χ0) is 27.0. The Balaban J connectivity index is 0.000000328. The predicted octanol–water partition coefficient (Wildman–Crippen LogP) is 5.95. The minimum absolute atomic E-state index is 0. The van der Waals surface area contributed by atoms with Gasteiger partial charge in [0.25, 0.3) is 0 Å². The van der Waals surface area contributed by atoms with Crippen LogP contribution >= 0.6 is 0 Å². The highest BCUT2D eigenvalue weighted by Crippen LogP contribution is 2.48. The molecule has 4 fully saturated rings. The van der Waals surface area contributed by atoms with E-state index in [-0.39, 0.29) is 7.43 Å². The van der Waals surface area contributed by atoms with E-state index in [1.165, 1.54) is 51.5 Å². The first-order chi connectivity index (χ1) is 18.0. The van der Waals surface area contributed by atoms with Gasteiger partial charge in [0, 0.05) is 42.5 Å².